The summed E-state index contributed by atoms with van der Waals surface area (Å²) in [4.78, 5) is 4.43. The minimum Gasteiger partial charge on any atom is -0.489 e. The number of ether oxygens (including phenoxy) is 1. The fraction of sp³-hybridized carbons (Fsp3) is 0.179. The lowest BCUT2D eigenvalue weighted by Gasteiger charge is -2.12. The fourth-order valence-electron chi connectivity index (χ4n) is 4.54. The number of nitrogens with zero attached hydrogens (tertiary/aromatic N) is 2. The van der Waals surface area contributed by atoms with Crippen LogP contribution in [0.25, 0.3) is 21.8 Å². The van der Waals surface area contributed by atoms with Gasteiger partial charge in [-0.05, 0) is 43.5 Å². The molecule has 0 amide bonds. The first-order valence-corrected chi connectivity index (χ1v) is 11.4. The maximum atomic E-state index is 14.1. The third-order valence-electron chi connectivity index (χ3n) is 6.30. The van der Waals surface area contributed by atoms with Gasteiger partial charge in [0.2, 0.25) is 5.82 Å². The molecule has 0 aliphatic rings. The minimum absolute atomic E-state index is 0. The molecule has 0 bridgehead atoms. The Morgan fingerprint density at radius 3 is 2.19 bits per heavy atom. The van der Waals surface area contributed by atoms with Crippen LogP contribution in [0.5, 0.6) is 5.75 Å². The normalized spacial score (nSPS) is 11.2. The van der Waals surface area contributed by atoms with Crippen LogP contribution >= 0.6 is 17.0 Å². The summed E-state index contributed by atoms with van der Waals surface area (Å²) in [6.07, 6.45) is 3.46. The Morgan fingerprint density at radius 1 is 0.811 bits per heavy atom. The van der Waals surface area contributed by atoms with Gasteiger partial charge in [-0.3, -0.25) is 4.98 Å². The Labute approximate surface area is 220 Å². The van der Waals surface area contributed by atoms with E-state index in [4.69, 9.17) is 4.74 Å². The van der Waals surface area contributed by atoms with Gasteiger partial charge in [0.05, 0.1) is 22.3 Å². The van der Waals surface area contributed by atoms with Crippen molar-refractivity contribution < 1.29 is 26.7 Å². The van der Waals surface area contributed by atoms with Gasteiger partial charge in [0.15, 0.2) is 23.3 Å². The molecule has 0 N–H and O–H groups in total. The molecule has 0 radical (unpaired) electrons. The third-order valence-corrected chi connectivity index (χ3v) is 6.30. The van der Waals surface area contributed by atoms with Gasteiger partial charge in [-0.2, -0.15) is 0 Å². The number of hydrogen-bond acceptors (Lipinski definition) is 2. The van der Waals surface area contributed by atoms with Gasteiger partial charge >= 0.3 is 0 Å². The summed E-state index contributed by atoms with van der Waals surface area (Å²) in [5.74, 6) is -9.74. The smallest absolute Gasteiger partial charge is 0.200 e. The summed E-state index contributed by atoms with van der Waals surface area (Å²) in [6.45, 7) is 1.80. The van der Waals surface area contributed by atoms with Gasteiger partial charge in [-0.1, -0.05) is 30.3 Å². The molecule has 192 valence electrons. The molecule has 37 heavy (non-hydrogen) atoms. The Morgan fingerprint density at radius 2 is 1.49 bits per heavy atom. The predicted octanol–water partition coefficient (Wildman–Crippen LogP) is 7.98. The molecule has 0 spiro atoms. The SMILES string of the molecule is Br.Cc1nccc2c3ccc(OCc4c(F)c(F)c(F)c(F)c4F)cc3n(CCCc3ccccc3)c12. The molecule has 0 atom stereocenters. The van der Waals surface area contributed by atoms with Crippen LogP contribution in [0.4, 0.5) is 22.0 Å². The van der Waals surface area contributed by atoms with E-state index < -0.39 is 41.3 Å². The predicted molar refractivity (Wildman–Crippen MR) is 138 cm³/mol. The lowest BCUT2D eigenvalue weighted by atomic mass is 10.1. The van der Waals surface area contributed by atoms with Crippen molar-refractivity contribution in [3.05, 3.63) is 107 Å². The first-order valence-electron chi connectivity index (χ1n) is 11.4. The van der Waals surface area contributed by atoms with Crippen LogP contribution in [0, 0.1) is 36.0 Å². The Bertz CT molecular complexity index is 1560. The Hall–Kier alpha value is -3.46. The Balaban J connectivity index is 0.00000320. The van der Waals surface area contributed by atoms with Crippen molar-refractivity contribution in [2.75, 3.05) is 0 Å². The van der Waals surface area contributed by atoms with Crippen LogP contribution in [0.1, 0.15) is 23.2 Å². The van der Waals surface area contributed by atoms with Crippen molar-refractivity contribution >= 4 is 38.8 Å². The van der Waals surface area contributed by atoms with Gasteiger partial charge in [-0.15, -0.1) is 17.0 Å². The number of aromatic nitrogens is 2. The maximum Gasteiger partial charge on any atom is 0.200 e. The van der Waals surface area contributed by atoms with Crippen molar-refractivity contribution in [3.63, 3.8) is 0 Å². The molecule has 9 heteroatoms. The molecule has 0 aliphatic carbocycles. The molecule has 3 aromatic carbocycles. The summed E-state index contributed by atoms with van der Waals surface area (Å²) in [7, 11) is 0. The quantitative estimate of drug-likeness (QED) is 0.111. The molecule has 5 rings (SSSR count). The van der Waals surface area contributed by atoms with Crippen LogP contribution < -0.4 is 4.74 Å². The average molecular weight is 577 g/mol. The zero-order valence-corrected chi connectivity index (χ0v) is 21.4. The average Bonchev–Trinajstić information content (AvgIpc) is 3.21. The molecule has 2 aromatic heterocycles. The largest absolute Gasteiger partial charge is 0.489 e. The lowest BCUT2D eigenvalue weighted by Crippen LogP contribution is -2.10. The maximum absolute atomic E-state index is 14.1. The van der Waals surface area contributed by atoms with Crippen LogP contribution in [-0.4, -0.2) is 9.55 Å². The van der Waals surface area contributed by atoms with E-state index in [1.54, 1.807) is 18.3 Å². The van der Waals surface area contributed by atoms with E-state index >= 15 is 0 Å². The summed E-state index contributed by atoms with van der Waals surface area (Å²) in [6, 6.07) is 17.2. The molecule has 2 heterocycles. The van der Waals surface area contributed by atoms with E-state index in [0.29, 0.717) is 6.54 Å². The molecular formula is C28H22BrF5N2O. The van der Waals surface area contributed by atoms with E-state index in [1.165, 1.54) is 5.56 Å². The molecule has 0 fully saturated rings. The van der Waals surface area contributed by atoms with Gasteiger partial charge in [0.25, 0.3) is 0 Å². The highest BCUT2D eigenvalue weighted by Gasteiger charge is 2.26. The Kier molecular flexibility index (Phi) is 7.82. The topological polar surface area (TPSA) is 27.1 Å². The zero-order chi connectivity index (χ0) is 25.4. The van der Waals surface area contributed by atoms with E-state index in [2.05, 4.69) is 21.7 Å². The van der Waals surface area contributed by atoms with E-state index in [0.717, 1.165) is 40.3 Å². The van der Waals surface area contributed by atoms with Gasteiger partial charge in [-0.25, -0.2) is 22.0 Å². The van der Waals surface area contributed by atoms with E-state index in [-0.39, 0.29) is 22.7 Å². The second-order valence-electron chi connectivity index (χ2n) is 8.55. The minimum atomic E-state index is -2.20. The molecule has 5 aromatic rings. The molecular weight excluding hydrogens is 555 g/mol. The van der Waals surface area contributed by atoms with Crippen LogP contribution in [0.3, 0.4) is 0 Å². The number of benzene rings is 3. The lowest BCUT2D eigenvalue weighted by molar-refractivity contribution is 0.279. The van der Waals surface area contributed by atoms with E-state index in [1.807, 2.05) is 37.3 Å². The summed E-state index contributed by atoms with van der Waals surface area (Å²) in [5, 5.41) is 1.95. The highest BCUT2D eigenvalue weighted by molar-refractivity contribution is 8.93. The van der Waals surface area contributed by atoms with E-state index in [9.17, 15) is 22.0 Å². The zero-order valence-electron chi connectivity index (χ0n) is 19.7. The van der Waals surface area contributed by atoms with Crippen molar-refractivity contribution in [2.45, 2.75) is 32.9 Å². The first kappa shape index (κ1) is 26.6. The van der Waals surface area contributed by atoms with Crippen molar-refractivity contribution in [1.29, 1.82) is 0 Å². The second-order valence-corrected chi connectivity index (χ2v) is 8.55. The molecule has 0 saturated heterocycles. The van der Waals surface area contributed by atoms with Crippen LogP contribution in [0.2, 0.25) is 0 Å². The summed E-state index contributed by atoms with van der Waals surface area (Å²) in [5.41, 5.74) is 2.85. The summed E-state index contributed by atoms with van der Waals surface area (Å²) < 4.78 is 76.2. The van der Waals surface area contributed by atoms with Crippen LogP contribution in [0.15, 0.2) is 60.8 Å². The molecule has 3 nitrogen and oxygen atoms in total. The molecule has 0 saturated carbocycles. The first-order chi connectivity index (χ1) is 17.4. The summed E-state index contributed by atoms with van der Waals surface area (Å²) >= 11 is 0. The standard InChI is InChI=1S/C28H21F5N2O.BrH/c1-16-28-20(11-12-34-16)19-10-9-18(36-15-21-23(29)25(31)27(33)26(32)24(21)30)14-22(19)35(28)13-5-8-17-6-3-2-4-7-17;/h2-4,6-7,9-12,14H,5,8,13,15H2,1H3;1H. The number of pyridine rings is 1. The fourth-order valence-corrected chi connectivity index (χ4v) is 4.54. The monoisotopic (exact) mass is 576 g/mol. The molecule has 0 unspecified atom stereocenters. The van der Waals surface area contributed by atoms with Crippen molar-refractivity contribution in [1.82, 2.24) is 9.55 Å². The second kappa shape index (κ2) is 10.9. The van der Waals surface area contributed by atoms with Gasteiger partial charge in [0.1, 0.15) is 12.4 Å². The highest BCUT2D eigenvalue weighted by atomic mass is 79.9. The van der Waals surface area contributed by atoms with Crippen molar-refractivity contribution in [3.8, 4) is 5.75 Å². The highest BCUT2D eigenvalue weighted by Crippen LogP contribution is 2.33. The number of fused-ring (bicyclic) bond motifs is 3. The van der Waals surface area contributed by atoms with Gasteiger partial charge in [0, 0.05) is 29.6 Å². The number of hydrogen-bond donors (Lipinski definition) is 0. The number of rotatable bonds is 7. The number of aryl methyl sites for hydroxylation is 3. The molecule has 0 aliphatic heterocycles. The number of halogens is 6. The third kappa shape index (κ3) is 4.92. The van der Waals surface area contributed by atoms with Crippen molar-refractivity contribution in [2.24, 2.45) is 0 Å². The van der Waals surface area contributed by atoms with Crippen LogP contribution in [-0.2, 0) is 19.6 Å². The van der Waals surface area contributed by atoms with Gasteiger partial charge < -0.3 is 9.30 Å².